The third-order valence-corrected chi connectivity index (χ3v) is 4.71. The van der Waals surface area contributed by atoms with E-state index in [4.69, 9.17) is 11.5 Å². The Bertz CT molecular complexity index is 1230. The van der Waals surface area contributed by atoms with Gasteiger partial charge in [0.15, 0.2) is 0 Å². The second-order valence-corrected chi connectivity index (χ2v) is 6.70. The molecule has 2 aromatic heterocycles. The number of halogens is 3. The lowest BCUT2D eigenvalue weighted by atomic mass is 10.0. The first-order valence-electron chi connectivity index (χ1n) is 8.61. The molecule has 0 saturated carbocycles. The Morgan fingerprint density at radius 1 is 1.17 bits per heavy atom. The number of rotatable bonds is 3. The highest BCUT2D eigenvalue weighted by atomic mass is 19.4. The summed E-state index contributed by atoms with van der Waals surface area (Å²) in [6.45, 7) is 3.18. The molecule has 0 unspecified atom stereocenters. The van der Waals surface area contributed by atoms with Crippen LogP contribution in [0.2, 0.25) is 0 Å². The van der Waals surface area contributed by atoms with Crippen LogP contribution in [0, 0.1) is 13.8 Å². The summed E-state index contributed by atoms with van der Waals surface area (Å²) < 4.78 is 40.3. The van der Waals surface area contributed by atoms with Gasteiger partial charge in [-0.1, -0.05) is 6.07 Å². The molecule has 0 atom stereocenters. The van der Waals surface area contributed by atoms with Crippen molar-refractivity contribution in [3.63, 3.8) is 0 Å². The van der Waals surface area contributed by atoms with Gasteiger partial charge in [0, 0.05) is 23.5 Å². The Morgan fingerprint density at radius 3 is 2.43 bits per heavy atom. The number of hydrogen-bond acceptors (Lipinski definition) is 5. The number of benzene rings is 1. The van der Waals surface area contributed by atoms with Crippen molar-refractivity contribution in [3.05, 3.63) is 69.3 Å². The van der Waals surface area contributed by atoms with Gasteiger partial charge in [0.25, 0.3) is 11.5 Å². The minimum absolute atomic E-state index is 0.131. The zero-order chi connectivity index (χ0) is 22.4. The molecular formula is C20H17F3N4O3. The number of nitrogens with two attached hydrogens (primary N) is 2. The molecule has 0 aliphatic carbocycles. The Morgan fingerprint density at radius 2 is 1.83 bits per heavy atom. The lowest BCUT2D eigenvalue weighted by molar-refractivity contribution is -0.137. The summed E-state index contributed by atoms with van der Waals surface area (Å²) >= 11 is 0. The number of nitrogen functional groups attached to an aromatic ring is 1. The number of hydrogen-bond donors (Lipinski definition) is 3. The molecule has 30 heavy (non-hydrogen) atoms. The second kappa shape index (κ2) is 7.21. The first-order chi connectivity index (χ1) is 13.9. The van der Waals surface area contributed by atoms with E-state index in [9.17, 15) is 27.9 Å². The molecule has 1 amide bonds. The monoisotopic (exact) mass is 418 g/mol. The van der Waals surface area contributed by atoms with E-state index in [0.717, 1.165) is 22.9 Å². The van der Waals surface area contributed by atoms with E-state index in [1.54, 1.807) is 6.92 Å². The van der Waals surface area contributed by atoms with Gasteiger partial charge in [-0.05, 0) is 37.6 Å². The molecule has 5 N–H and O–H groups in total. The predicted octanol–water partition coefficient (Wildman–Crippen LogP) is 2.92. The standard InChI is InChI=1S/C20H17F3N4O3/c1-9-3-4-15(28)10(2)16(9)27-17(24)14(18(25)29)6-13(19(27)30)11-5-12(8-26-7-11)20(21,22)23/h3-8,28H,24H2,1-2H3,(H2,25,29). The number of aromatic hydroxyl groups is 1. The van der Waals surface area contributed by atoms with Crippen molar-refractivity contribution in [2.45, 2.75) is 20.0 Å². The van der Waals surface area contributed by atoms with Crippen LogP contribution in [-0.4, -0.2) is 20.6 Å². The number of aryl methyl sites for hydroxylation is 1. The van der Waals surface area contributed by atoms with Gasteiger partial charge in [0.2, 0.25) is 0 Å². The number of anilines is 1. The van der Waals surface area contributed by atoms with Crippen LogP contribution in [-0.2, 0) is 6.18 Å². The Kier molecular flexibility index (Phi) is 5.03. The summed E-state index contributed by atoms with van der Waals surface area (Å²) in [5.74, 6) is -1.40. The summed E-state index contributed by atoms with van der Waals surface area (Å²) in [4.78, 5) is 28.8. The van der Waals surface area contributed by atoms with Crippen molar-refractivity contribution < 1.29 is 23.1 Å². The second-order valence-electron chi connectivity index (χ2n) is 6.70. The zero-order valence-electron chi connectivity index (χ0n) is 15.9. The van der Waals surface area contributed by atoms with Gasteiger partial charge in [-0.15, -0.1) is 0 Å². The van der Waals surface area contributed by atoms with Gasteiger partial charge < -0.3 is 16.6 Å². The molecule has 0 radical (unpaired) electrons. The van der Waals surface area contributed by atoms with Gasteiger partial charge in [-0.3, -0.25) is 19.1 Å². The van der Waals surface area contributed by atoms with E-state index in [-0.39, 0.29) is 33.9 Å². The fourth-order valence-electron chi connectivity index (χ4n) is 3.17. The van der Waals surface area contributed by atoms with E-state index in [1.165, 1.54) is 19.1 Å². The van der Waals surface area contributed by atoms with Crippen LogP contribution in [0.3, 0.4) is 0 Å². The number of carbonyl (C=O) groups is 1. The van der Waals surface area contributed by atoms with Crippen LogP contribution in [0.1, 0.15) is 27.0 Å². The van der Waals surface area contributed by atoms with Crippen LogP contribution in [0.5, 0.6) is 5.75 Å². The van der Waals surface area contributed by atoms with Crippen molar-refractivity contribution in [2.24, 2.45) is 5.73 Å². The lowest BCUT2D eigenvalue weighted by Gasteiger charge is -2.19. The van der Waals surface area contributed by atoms with E-state index < -0.39 is 23.2 Å². The molecule has 0 aliphatic heterocycles. The number of phenols is 1. The fraction of sp³-hybridized carbons (Fsp3) is 0.150. The molecule has 10 heteroatoms. The quantitative estimate of drug-likeness (QED) is 0.603. The van der Waals surface area contributed by atoms with Crippen molar-refractivity contribution >= 4 is 11.7 Å². The Balaban J connectivity index is 2.44. The van der Waals surface area contributed by atoms with Gasteiger partial charge >= 0.3 is 6.18 Å². The summed E-state index contributed by atoms with van der Waals surface area (Å²) in [5, 5.41) is 10.1. The molecule has 0 saturated heterocycles. The normalized spacial score (nSPS) is 11.5. The topological polar surface area (TPSA) is 124 Å². The number of carbonyl (C=O) groups excluding carboxylic acids is 1. The largest absolute Gasteiger partial charge is 0.508 e. The molecular weight excluding hydrogens is 401 g/mol. The zero-order valence-corrected chi connectivity index (χ0v) is 15.9. The van der Waals surface area contributed by atoms with E-state index >= 15 is 0 Å². The molecule has 3 rings (SSSR count). The number of phenolic OH excluding ortho intramolecular Hbond substituents is 1. The molecule has 0 spiro atoms. The molecule has 7 nitrogen and oxygen atoms in total. The molecule has 0 aliphatic rings. The number of primary amides is 1. The molecule has 156 valence electrons. The summed E-state index contributed by atoms with van der Waals surface area (Å²) in [7, 11) is 0. The van der Waals surface area contributed by atoms with Crippen molar-refractivity contribution in [3.8, 4) is 22.6 Å². The maximum absolute atomic E-state index is 13.3. The maximum atomic E-state index is 13.3. The summed E-state index contributed by atoms with van der Waals surface area (Å²) in [6, 6.07) is 4.75. The first-order valence-corrected chi connectivity index (χ1v) is 8.61. The number of aromatic nitrogens is 2. The lowest BCUT2D eigenvalue weighted by Crippen LogP contribution is -2.28. The molecule has 0 bridgehead atoms. The van der Waals surface area contributed by atoms with Gasteiger partial charge in [-0.2, -0.15) is 13.2 Å². The predicted molar refractivity (Wildman–Crippen MR) is 104 cm³/mol. The summed E-state index contributed by atoms with van der Waals surface area (Å²) in [6.07, 6.45) is -2.99. The van der Waals surface area contributed by atoms with E-state index in [0.29, 0.717) is 17.3 Å². The van der Waals surface area contributed by atoms with Crippen LogP contribution in [0.15, 0.2) is 41.5 Å². The number of nitrogens with zero attached hydrogens (tertiary/aromatic N) is 2. The molecule has 3 aromatic rings. The number of pyridine rings is 2. The minimum atomic E-state index is -4.68. The SMILES string of the molecule is Cc1ccc(O)c(C)c1-n1c(N)c(C(N)=O)cc(-c2cncc(C(F)(F)F)c2)c1=O. The molecule has 2 heterocycles. The minimum Gasteiger partial charge on any atom is -0.508 e. The average Bonchev–Trinajstić information content (AvgIpc) is 2.66. The van der Waals surface area contributed by atoms with Crippen LogP contribution in [0.4, 0.5) is 19.0 Å². The van der Waals surface area contributed by atoms with Gasteiger partial charge in [-0.25, -0.2) is 0 Å². The van der Waals surface area contributed by atoms with Crippen molar-refractivity contribution in [1.29, 1.82) is 0 Å². The van der Waals surface area contributed by atoms with E-state index in [1.807, 2.05) is 0 Å². The third-order valence-electron chi connectivity index (χ3n) is 4.71. The molecule has 0 fully saturated rings. The van der Waals surface area contributed by atoms with Gasteiger partial charge in [0.05, 0.1) is 22.4 Å². The smallest absolute Gasteiger partial charge is 0.417 e. The Hall–Kier alpha value is -3.82. The fourth-order valence-corrected chi connectivity index (χ4v) is 3.17. The highest BCUT2D eigenvalue weighted by Gasteiger charge is 2.31. The van der Waals surface area contributed by atoms with Crippen LogP contribution < -0.4 is 17.0 Å². The number of alkyl halides is 3. The third kappa shape index (κ3) is 3.47. The Labute approximate surface area is 168 Å². The first kappa shape index (κ1) is 20.9. The van der Waals surface area contributed by atoms with Crippen LogP contribution >= 0.6 is 0 Å². The number of amides is 1. The maximum Gasteiger partial charge on any atom is 0.417 e. The van der Waals surface area contributed by atoms with Crippen molar-refractivity contribution in [2.75, 3.05) is 5.73 Å². The van der Waals surface area contributed by atoms with Crippen molar-refractivity contribution in [1.82, 2.24) is 9.55 Å². The summed E-state index contributed by atoms with van der Waals surface area (Å²) in [5.41, 5.74) is 9.91. The molecule has 1 aromatic carbocycles. The van der Waals surface area contributed by atoms with Gasteiger partial charge in [0.1, 0.15) is 11.6 Å². The highest BCUT2D eigenvalue weighted by molar-refractivity contribution is 5.98. The highest BCUT2D eigenvalue weighted by Crippen LogP contribution is 2.33. The van der Waals surface area contributed by atoms with E-state index in [2.05, 4.69) is 4.98 Å². The van der Waals surface area contributed by atoms with Crippen LogP contribution in [0.25, 0.3) is 16.8 Å². The average molecular weight is 418 g/mol.